The highest BCUT2D eigenvalue weighted by Gasteiger charge is 2.27. The number of carboxylic acid groups (broad SMARTS) is 1. The van der Waals surface area contributed by atoms with Gasteiger partial charge in [0.15, 0.2) is 0 Å². The van der Waals surface area contributed by atoms with Crippen LogP contribution in [0.15, 0.2) is 24.3 Å². The van der Waals surface area contributed by atoms with E-state index in [2.05, 4.69) is 0 Å². The predicted molar refractivity (Wildman–Crippen MR) is 71.5 cm³/mol. The van der Waals surface area contributed by atoms with Crippen molar-refractivity contribution >= 4 is 17.6 Å². The van der Waals surface area contributed by atoms with Crippen molar-refractivity contribution in [2.75, 3.05) is 18.8 Å². The Bertz CT molecular complexity index is 487. The van der Waals surface area contributed by atoms with E-state index >= 15 is 0 Å². The van der Waals surface area contributed by atoms with Gasteiger partial charge in [0, 0.05) is 18.8 Å². The number of carbonyl (C=O) groups excluding carboxylic acids is 1. The van der Waals surface area contributed by atoms with Crippen molar-refractivity contribution in [2.24, 2.45) is 5.92 Å². The minimum atomic E-state index is -0.818. The molecule has 102 valence electrons. The minimum absolute atomic E-state index is 0.0310. The number of nitrogen functional groups attached to an aromatic ring is 1. The Hall–Kier alpha value is -2.04. The van der Waals surface area contributed by atoms with E-state index in [9.17, 15) is 9.59 Å². The molecule has 2 rings (SSSR count). The number of nitrogens with two attached hydrogens (primary N) is 1. The molecule has 1 unspecified atom stereocenters. The summed E-state index contributed by atoms with van der Waals surface area (Å²) in [5, 5.41) is 9.01. The summed E-state index contributed by atoms with van der Waals surface area (Å²) >= 11 is 0. The van der Waals surface area contributed by atoms with Crippen LogP contribution in [0.4, 0.5) is 5.69 Å². The summed E-state index contributed by atoms with van der Waals surface area (Å²) in [6.45, 7) is 0.960. The molecule has 3 N–H and O–H groups in total. The molecule has 0 saturated carbocycles. The first-order valence-electron chi connectivity index (χ1n) is 6.41. The molecule has 1 aliphatic heterocycles. The molecule has 0 aromatic heterocycles. The third-order valence-corrected chi connectivity index (χ3v) is 3.43. The van der Waals surface area contributed by atoms with Gasteiger partial charge >= 0.3 is 5.97 Å². The Morgan fingerprint density at radius 3 is 2.89 bits per heavy atom. The maximum Gasteiger partial charge on any atom is 0.308 e. The number of carboxylic acids is 1. The molecule has 0 radical (unpaired) electrons. The molecule has 5 nitrogen and oxygen atoms in total. The van der Waals surface area contributed by atoms with E-state index in [1.54, 1.807) is 17.0 Å². The van der Waals surface area contributed by atoms with Gasteiger partial charge in [0.2, 0.25) is 5.91 Å². The molecule has 0 aliphatic carbocycles. The van der Waals surface area contributed by atoms with E-state index in [4.69, 9.17) is 10.8 Å². The molecule has 1 saturated heterocycles. The molecule has 0 bridgehead atoms. The zero-order chi connectivity index (χ0) is 13.8. The summed E-state index contributed by atoms with van der Waals surface area (Å²) in [6.07, 6.45) is 1.68. The lowest BCUT2D eigenvalue weighted by Gasteiger charge is -2.30. The fourth-order valence-corrected chi connectivity index (χ4v) is 2.39. The lowest BCUT2D eigenvalue weighted by molar-refractivity contribution is -0.145. The second-order valence-electron chi connectivity index (χ2n) is 4.94. The summed E-state index contributed by atoms with van der Waals surface area (Å²) in [6, 6.07) is 7.22. The van der Waals surface area contributed by atoms with E-state index in [1.165, 1.54) is 0 Å². The molecule has 1 aromatic rings. The van der Waals surface area contributed by atoms with Crippen LogP contribution in [0.3, 0.4) is 0 Å². The third kappa shape index (κ3) is 3.47. The van der Waals surface area contributed by atoms with Crippen molar-refractivity contribution in [2.45, 2.75) is 19.3 Å². The maximum atomic E-state index is 12.1. The number of hydrogen-bond acceptors (Lipinski definition) is 3. The van der Waals surface area contributed by atoms with Gasteiger partial charge < -0.3 is 15.7 Å². The molecule has 1 heterocycles. The maximum absolute atomic E-state index is 12.1. The number of anilines is 1. The Labute approximate surface area is 112 Å². The van der Waals surface area contributed by atoms with Gasteiger partial charge in [0.25, 0.3) is 0 Å². The number of benzene rings is 1. The van der Waals surface area contributed by atoms with Crippen LogP contribution in [-0.4, -0.2) is 35.0 Å². The zero-order valence-electron chi connectivity index (χ0n) is 10.7. The summed E-state index contributed by atoms with van der Waals surface area (Å²) in [4.78, 5) is 24.8. The van der Waals surface area contributed by atoms with Gasteiger partial charge in [0.05, 0.1) is 12.3 Å². The number of carbonyl (C=O) groups is 2. The van der Waals surface area contributed by atoms with Gasteiger partial charge in [-0.2, -0.15) is 0 Å². The number of aliphatic carboxylic acids is 1. The number of rotatable bonds is 3. The van der Waals surface area contributed by atoms with Crippen molar-refractivity contribution in [3.63, 3.8) is 0 Å². The van der Waals surface area contributed by atoms with Crippen molar-refractivity contribution in [1.29, 1.82) is 0 Å². The smallest absolute Gasteiger partial charge is 0.308 e. The fraction of sp³-hybridized carbons (Fsp3) is 0.429. The predicted octanol–water partition coefficient (Wildman–Crippen LogP) is 1.13. The SMILES string of the molecule is Nc1cccc(CC(=O)N2CCCC(C(=O)O)C2)c1. The molecule has 1 aromatic carbocycles. The van der Waals surface area contributed by atoms with E-state index in [0.717, 1.165) is 12.0 Å². The number of amides is 1. The van der Waals surface area contributed by atoms with Gasteiger partial charge in [-0.1, -0.05) is 12.1 Å². The Kier molecular flexibility index (Phi) is 4.04. The number of piperidine rings is 1. The summed E-state index contributed by atoms with van der Waals surface area (Å²) in [5.41, 5.74) is 7.17. The van der Waals surface area contributed by atoms with Crippen LogP contribution in [0.2, 0.25) is 0 Å². The van der Waals surface area contributed by atoms with Gasteiger partial charge in [0.1, 0.15) is 0 Å². The van der Waals surface area contributed by atoms with Crippen LogP contribution < -0.4 is 5.73 Å². The molecule has 1 amide bonds. The van der Waals surface area contributed by atoms with E-state index < -0.39 is 11.9 Å². The molecule has 19 heavy (non-hydrogen) atoms. The van der Waals surface area contributed by atoms with Crippen molar-refractivity contribution in [3.05, 3.63) is 29.8 Å². The molecule has 1 aliphatic rings. The monoisotopic (exact) mass is 262 g/mol. The average Bonchev–Trinajstić information content (AvgIpc) is 2.39. The number of likely N-dealkylation sites (tertiary alicyclic amines) is 1. The normalized spacial score (nSPS) is 19.2. The quantitative estimate of drug-likeness (QED) is 0.800. The molecule has 5 heteroatoms. The standard InChI is InChI=1S/C14H18N2O3/c15-12-5-1-3-10(7-12)8-13(17)16-6-2-4-11(9-16)14(18)19/h1,3,5,7,11H,2,4,6,8-9,15H2,(H,18,19). The molecule has 0 spiro atoms. The lowest BCUT2D eigenvalue weighted by atomic mass is 9.97. The van der Waals surface area contributed by atoms with Crippen LogP contribution in [-0.2, 0) is 16.0 Å². The van der Waals surface area contributed by atoms with Crippen LogP contribution >= 0.6 is 0 Å². The van der Waals surface area contributed by atoms with E-state index in [-0.39, 0.29) is 12.3 Å². The van der Waals surface area contributed by atoms with Gasteiger partial charge in [-0.3, -0.25) is 9.59 Å². The Morgan fingerprint density at radius 1 is 1.42 bits per heavy atom. The first-order chi connectivity index (χ1) is 9.06. The van der Waals surface area contributed by atoms with Crippen molar-refractivity contribution < 1.29 is 14.7 Å². The van der Waals surface area contributed by atoms with E-state index in [0.29, 0.717) is 25.2 Å². The summed E-state index contributed by atoms with van der Waals surface area (Å²) in [7, 11) is 0. The van der Waals surface area contributed by atoms with Crippen molar-refractivity contribution in [1.82, 2.24) is 4.90 Å². The van der Waals surface area contributed by atoms with Crippen LogP contribution in [0, 0.1) is 5.92 Å². The molecular weight excluding hydrogens is 244 g/mol. The summed E-state index contributed by atoms with van der Waals surface area (Å²) < 4.78 is 0. The second kappa shape index (κ2) is 5.73. The largest absolute Gasteiger partial charge is 0.481 e. The second-order valence-corrected chi connectivity index (χ2v) is 4.94. The highest BCUT2D eigenvalue weighted by Crippen LogP contribution is 2.18. The topological polar surface area (TPSA) is 83.6 Å². The van der Waals surface area contributed by atoms with Crippen LogP contribution in [0.25, 0.3) is 0 Å². The van der Waals surface area contributed by atoms with Gasteiger partial charge in [-0.25, -0.2) is 0 Å². The lowest BCUT2D eigenvalue weighted by Crippen LogP contribution is -2.42. The van der Waals surface area contributed by atoms with Crippen LogP contribution in [0.1, 0.15) is 18.4 Å². The highest BCUT2D eigenvalue weighted by molar-refractivity contribution is 5.80. The fourth-order valence-electron chi connectivity index (χ4n) is 2.39. The van der Waals surface area contributed by atoms with Gasteiger partial charge in [-0.15, -0.1) is 0 Å². The Balaban J connectivity index is 1.98. The average molecular weight is 262 g/mol. The number of nitrogens with zero attached hydrogens (tertiary/aromatic N) is 1. The van der Waals surface area contributed by atoms with Crippen molar-refractivity contribution in [3.8, 4) is 0 Å². The molecule has 1 atom stereocenters. The number of hydrogen-bond donors (Lipinski definition) is 2. The summed E-state index contributed by atoms with van der Waals surface area (Å²) in [5.74, 6) is -1.28. The molecular formula is C14H18N2O3. The minimum Gasteiger partial charge on any atom is -0.481 e. The van der Waals surface area contributed by atoms with Gasteiger partial charge in [-0.05, 0) is 30.5 Å². The zero-order valence-corrected chi connectivity index (χ0v) is 10.7. The van der Waals surface area contributed by atoms with E-state index in [1.807, 2.05) is 12.1 Å². The first kappa shape index (κ1) is 13.4. The Morgan fingerprint density at radius 2 is 2.21 bits per heavy atom. The van der Waals surface area contributed by atoms with Crippen LogP contribution in [0.5, 0.6) is 0 Å². The molecule has 1 fully saturated rings. The first-order valence-corrected chi connectivity index (χ1v) is 6.41. The third-order valence-electron chi connectivity index (χ3n) is 3.43. The highest BCUT2D eigenvalue weighted by atomic mass is 16.4.